The number of esters is 1. The number of carbonyl (C=O) groups is 2. The summed E-state index contributed by atoms with van der Waals surface area (Å²) >= 11 is 0. The predicted octanol–water partition coefficient (Wildman–Crippen LogP) is 4.68. The number of ketones is 1. The lowest BCUT2D eigenvalue weighted by atomic mass is 9.92. The van der Waals surface area contributed by atoms with Crippen LogP contribution in [0.2, 0.25) is 0 Å². The zero-order valence-corrected chi connectivity index (χ0v) is 20.0. The Kier molecular flexibility index (Phi) is 9.31. The van der Waals surface area contributed by atoms with Gasteiger partial charge in [-0.15, -0.1) is 0 Å². The van der Waals surface area contributed by atoms with Crippen molar-refractivity contribution >= 4 is 11.8 Å². The van der Waals surface area contributed by atoms with Crippen molar-refractivity contribution in [3.05, 3.63) is 59.2 Å². The molecule has 0 bridgehead atoms. The maximum absolute atomic E-state index is 13.2. The van der Waals surface area contributed by atoms with Crippen LogP contribution in [-0.2, 0) is 22.5 Å². The molecule has 0 aromatic heterocycles. The number of nitrogens with zero attached hydrogens (tertiary/aromatic N) is 1. The number of unbranched alkanes of at least 4 members (excludes halogenated alkanes) is 2. The van der Waals surface area contributed by atoms with Crippen molar-refractivity contribution in [2.75, 3.05) is 33.9 Å². The molecule has 178 valence electrons. The van der Waals surface area contributed by atoms with Gasteiger partial charge in [0.2, 0.25) is 0 Å². The Labute approximate surface area is 196 Å². The average Bonchev–Trinajstić information content (AvgIpc) is 2.85. The molecule has 0 amide bonds. The Morgan fingerprint density at radius 1 is 0.970 bits per heavy atom. The molecule has 0 N–H and O–H groups in total. The van der Waals surface area contributed by atoms with E-state index in [1.807, 2.05) is 0 Å². The Balaban J connectivity index is 1.53. The minimum absolute atomic E-state index is 0.234. The van der Waals surface area contributed by atoms with Gasteiger partial charge in [0, 0.05) is 18.7 Å². The molecule has 6 heteroatoms. The highest BCUT2D eigenvalue weighted by Gasteiger charge is 2.29. The summed E-state index contributed by atoms with van der Waals surface area (Å²) in [5.41, 5.74) is 3.31. The van der Waals surface area contributed by atoms with Gasteiger partial charge in [-0.1, -0.05) is 37.1 Å². The van der Waals surface area contributed by atoms with Crippen molar-refractivity contribution in [3.63, 3.8) is 0 Å². The Hall–Kier alpha value is -2.86. The summed E-state index contributed by atoms with van der Waals surface area (Å²) < 4.78 is 15.8. The monoisotopic (exact) mass is 453 g/mol. The molecule has 0 radical (unpaired) electrons. The lowest BCUT2D eigenvalue weighted by Crippen LogP contribution is -2.31. The second-order valence-corrected chi connectivity index (χ2v) is 8.38. The van der Waals surface area contributed by atoms with Crippen molar-refractivity contribution in [2.24, 2.45) is 5.92 Å². The zero-order valence-electron chi connectivity index (χ0n) is 20.0. The molecule has 0 aliphatic carbocycles. The van der Waals surface area contributed by atoms with E-state index in [9.17, 15) is 9.59 Å². The molecule has 1 aliphatic rings. The number of Topliss-reactive ketones (excluding diaryl/α,β-unsaturated/α-hetero) is 1. The minimum Gasteiger partial charge on any atom is -0.493 e. The fraction of sp³-hybridized carbons (Fsp3) is 0.481. The number of ether oxygens (including phenoxy) is 3. The average molecular weight is 454 g/mol. The van der Waals surface area contributed by atoms with Gasteiger partial charge in [-0.05, 0) is 62.1 Å². The van der Waals surface area contributed by atoms with Crippen LogP contribution in [0, 0.1) is 5.92 Å². The summed E-state index contributed by atoms with van der Waals surface area (Å²) in [5, 5.41) is 0. The van der Waals surface area contributed by atoms with E-state index in [1.54, 1.807) is 32.2 Å². The van der Waals surface area contributed by atoms with Crippen LogP contribution in [-0.4, -0.2) is 50.6 Å². The van der Waals surface area contributed by atoms with Gasteiger partial charge in [-0.2, -0.15) is 0 Å². The quantitative estimate of drug-likeness (QED) is 0.201. The molecule has 0 saturated heterocycles. The molecule has 1 aliphatic heterocycles. The van der Waals surface area contributed by atoms with Gasteiger partial charge >= 0.3 is 5.97 Å². The topological polar surface area (TPSA) is 65.1 Å². The summed E-state index contributed by atoms with van der Waals surface area (Å²) in [6, 6.07) is 13.6. The highest BCUT2D eigenvalue weighted by molar-refractivity contribution is 6.08. The summed E-state index contributed by atoms with van der Waals surface area (Å²) in [6.45, 7) is 5.12. The van der Waals surface area contributed by atoms with Crippen LogP contribution >= 0.6 is 0 Å². The molecule has 33 heavy (non-hydrogen) atoms. The Morgan fingerprint density at radius 2 is 1.73 bits per heavy atom. The molecule has 0 saturated carbocycles. The predicted molar refractivity (Wildman–Crippen MR) is 128 cm³/mol. The molecule has 0 spiro atoms. The van der Waals surface area contributed by atoms with Gasteiger partial charge in [0.1, 0.15) is 5.92 Å². The van der Waals surface area contributed by atoms with Gasteiger partial charge in [-0.25, -0.2) is 0 Å². The minimum atomic E-state index is -0.801. The Bertz CT molecular complexity index is 942. The molecule has 1 atom stereocenters. The van der Waals surface area contributed by atoms with Crippen LogP contribution < -0.4 is 9.47 Å². The van der Waals surface area contributed by atoms with Crippen LogP contribution in [0.3, 0.4) is 0 Å². The summed E-state index contributed by atoms with van der Waals surface area (Å²) in [6.07, 6.45) is 4.39. The van der Waals surface area contributed by atoms with E-state index in [4.69, 9.17) is 14.2 Å². The van der Waals surface area contributed by atoms with Crippen LogP contribution in [0.25, 0.3) is 0 Å². The van der Waals surface area contributed by atoms with E-state index < -0.39 is 11.9 Å². The standard InChI is InChI=1S/C27H35NO5/c1-4-33-27(30)23(26(29)21-13-14-24(31-2)25(18-21)32-3)12-6-5-9-16-28-17-15-20-10-7-8-11-22(20)19-28/h7-8,10-11,13-14,18,23H,4-6,9,12,15-17,19H2,1-3H3. The molecule has 0 fully saturated rings. The number of hydrogen-bond acceptors (Lipinski definition) is 6. The number of benzene rings is 2. The third-order valence-electron chi connectivity index (χ3n) is 6.23. The van der Waals surface area contributed by atoms with Gasteiger partial charge in [0.15, 0.2) is 17.3 Å². The third kappa shape index (κ3) is 6.57. The smallest absolute Gasteiger partial charge is 0.316 e. The van der Waals surface area contributed by atoms with Crippen molar-refractivity contribution in [2.45, 2.75) is 45.6 Å². The molecular weight excluding hydrogens is 418 g/mol. The number of hydrogen-bond donors (Lipinski definition) is 0. The molecule has 1 heterocycles. The number of rotatable bonds is 12. The van der Waals surface area contributed by atoms with Crippen LogP contribution in [0.15, 0.2) is 42.5 Å². The molecule has 2 aromatic carbocycles. The fourth-order valence-electron chi connectivity index (χ4n) is 4.40. The van der Waals surface area contributed by atoms with E-state index in [1.165, 1.54) is 18.2 Å². The zero-order chi connectivity index (χ0) is 23.6. The normalized spacial score (nSPS) is 14.3. The van der Waals surface area contributed by atoms with Crippen molar-refractivity contribution in [3.8, 4) is 11.5 Å². The summed E-state index contributed by atoms with van der Waals surface area (Å²) in [4.78, 5) is 28.2. The SMILES string of the molecule is CCOC(=O)C(CCCCCN1CCc2ccccc2C1)C(=O)c1ccc(OC)c(OC)c1. The van der Waals surface area contributed by atoms with Crippen molar-refractivity contribution in [1.29, 1.82) is 0 Å². The van der Waals surface area contributed by atoms with Crippen molar-refractivity contribution < 1.29 is 23.8 Å². The summed E-state index contributed by atoms with van der Waals surface area (Å²) in [5.74, 6) is -0.479. The first-order valence-corrected chi connectivity index (χ1v) is 11.8. The van der Waals surface area contributed by atoms with Gasteiger partial charge in [0.05, 0.1) is 20.8 Å². The first-order valence-electron chi connectivity index (χ1n) is 11.8. The van der Waals surface area contributed by atoms with E-state index in [0.29, 0.717) is 23.5 Å². The lowest BCUT2D eigenvalue weighted by molar-refractivity contribution is -0.146. The van der Waals surface area contributed by atoms with Crippen LogP contribution in [0.4, 0.5) is 0 Å². The first kappa shape index (κ1) is 24.8. The molecule has 3 rings (SSSR count). The van der Waals surface area contributed by atoms with Crippen molar-refractivity contribution in [1.82, 2.24) is 4.90 Å². The molecular formula is C27H35NO5. The number of fused-ring (bicyclic) bond motifs is 1. The van der Waals surface area contributed by atoms with Gasteiger partial charge < -0.3 is 14.2 Å². The summed E-state index contributed by atoms with van der Waals surface area (Å²) in [7, 11) is 3.07. The molecule has 6 nitrogen and oxygen atoms in total. The van der Waals surface area contributed by atoms with E-state index >= 15 is 0 Å². The second-order valence-electron chi connectivity index (χ2n) is 8.38. The largest absolute Gasteiger partial charge is 0.493 e. The van der Waals surface area contributed by atoms with E-state index in [2.05, 4.69) is 29.2 Å². The second kappa shape index (κ2) is 12.4. The highest BCUT2D eigenvalue weighted by atomic mass is 16.5. The third-order valence-corrected chi connectivity index (χ3v) is 6.23. The highest BCUT2D eigenvalue weighted by Crippen LogP contribution is 2.29. The maximum Gasteiger partial charge on any atom is 0.316 e. The Morgan fingerprint density at radius 3 is 2.45 bits per heavy atom. The van der Waals surface area contributed by atoms with E-state index in [0.717, 1.165) is 45.3 Å². The molecule has 2 aromatic rings. The fourth-order valence-corrected chi connectivity index (χ4v) is 4.40. The van der Waals surface area contributed by atoms with Crippen LogP contribution in [0.1, 0.15) is 54.1 Å². The maximum atomic E-state index is 13.2. The van der Waals surface area contributed by atoms with Crippen LogP contribution in [0.5, 0.6) is 11.5 Å². The molecule has 1 unspecified atom stereocenters. The lowest BCUT2D eigenvalue weighted by Gasteiger charge is -2.28. The number of methoxy groups -OCH3 is 2. The van der Waals surface area contributed by atoms with Gasteiger partial charge in [0.25, 0.3) is 0 Å². The number of carbonyl (C=O) groups excluding carboxylic acids is 2. The first-order chi connectivity index (χ1) is 16.1. The van der Waals surface area contributed by atoms with Gasteiger partial charge in [-0.3, -0.25) is 14.5 Å². The van der Waals surface area contributed by atoms with E-state index in [-0.39, 0.29) is 12.4 Å².